The van der Waals surface area contributed by atoms with Gasteiger partial charge in [0.2, 0.25) is 0 Å². The lowest BCUT2D eigenvalue weighted by Crippen LogP contribution is -2.19. The standard InChI is InChI=1S/C16H23BrO3/c1-15(2,3)10-8-11(16(4,5)6)13(12(17)9-10)20-14(18)19-7/h8-9H,1-7H3/i4D3,5D3. The second-order valence-corrected chi connectivity index (χ2v) is 6.62. The summed E-state index contributed by atoms with van der Waals surface area (Å²) in [6, 6.07) is 3.14. The molecular weight excluding hydrogens is 320 g/mol. The maximum Gasteiger partial charge on any atom is 0.513 e. The minimum Gasteiger partial charge on any atom is -0.437 e. The van der Waals surface area contributed by atoms with Crippen LogP contribution in [0, 0.1) is 0 Å². The first-order chi connectivity index (χ1) is 11.5. The first kappa shape index (κ1) is 9.82. The number of carbonyl (C=O) groups excluding carboxylic acids is 1. The molecule has 0 fully saturated rings. The van der Waals surface area contributed by atoms with E-state index in [9.17, 15) is 4.79 Å². The Morgan fingerprint density at radius 1 is 1.20 bits per heavy atom. The quantitative estimate of drug-likeness (QED) is 0.517. The Hall–Kier alpha value is -1.03. The van der Waals surface area contributed by atoms with Gasteiger partial charge in [0.1, 0.15) is 0 Å². The highest BCUT2D eigenvalue weighted by Gasteiger charge is 2.26. The Labute approximate surface area is 138 Å². The maximum absolute atomic E-state index is 11.6. The van der Waals surface area contributed by atoms with E-state index in [0.29, 0.717) is 5.56 Å². The van der Waals surface area contributed by atoms with Crippen LogP contribution in [0.1, 0.15) is 60.8 Å². The van der Waals surface area contributed by atoms with E-state index in [1.165, 1.54) is 6.07 Å². The highest BCUT2D eigenvalue weighted by molar-refractivity contribution is 9.10. The van der Waals surface area contributed by atoms with Crippen LogP contribution in [0.5, 0.6) is 5.75 Å². The third-order valence-electron chi connectivity index (χ3n) is 2.80. The summed E-state index contributed by atoms with van der Waals surface area (Å²) < 4.78 is 57.2. The van der Waals surface area contributed by atoms with Gasteiger partial charge in [0, 0.05) is 13.8 Å². The van der Waals surface area contributed by atoms with Crippen molar-refractivity contribution in [2.24, 2.45) is 0 Å². The smallest absolute Gasteiger partial charge is 0.437 e. The van der Waals surface area contributed by atoms with Crippen molar-refractivity contribution in [2.45, 2.75) is 52.2 Å². The van der Waals surface area contributed by atoms with Crippen LogP contribution in [0.15, 0.2) is 16.6 Å². The van der Waals surface area contributed by atoms with Crippen molar-refractivity contribution in [3.8, 4) is 5.75 Å². The Balaban J connectivity index is 3.94. The third-order valence-corrected chi connectivity index (χ3v) is 3.39. The molecule has 4 heteroatoms. The molecule has 0 radical (unpaired) electrons. The number of benzene rings is 1. The first-order valence-electron chi connectivity index (χ1n) is 9.07. The van der Waals surface area contributed by atoms with Crippen molar-refractivity contribution in [1.29, 1.82) is 0 Å². The molecule has 0 aliphatic heterocycles. The van der Waals surface area contributed by atoms with Gasteiger partial charge >= 0.3 is 6.16 Å². The summed E-state index contributed by atoms with van der Waals surface area (Å²) in [5.74, 6) is -0.181. The molecule has 0 saturated heterocycles. The van der Waals surface area contributed by atoms with Gasteiger partial charge in [0.25, 0.3) is 0 Å². The summed E-state index contributed by atoms with van der Waals surface area (Å²) in [7, 11) is 1.10. The van der Waals surface area contributed by atoms with Crippen molar-refractivity contribution in [1.82, 2.24) is 0 Å². The molecule has 1 aromatic carbocycles. The Morgan fingerprint density at radius 2 is 1.80 bits per heavy atom. The predicted molar refractivity (Wildman–Crippen MR) is 84.6 cm³/mol. The lowest BCUT2D eigenvalue weighted by molar-refractivity contribution is 0.120. The number of hydrogen-bond donors (Lipinski definition) is 0. The summed E-state index contributed by atoms with van der Waals surface area (Å²) >= 11 is 3.27. The number of halogens is 1. The fourth-order valence-electron chi connectivity index (χ4n) is 1.63. The lowest BCUT2D eigenvalue weighted by atomic mass is 9.80. The van der Waals surface area contributed by atoms with Crippen LogP contribution in [0.3, 0.4) is 0 Å². The third kappa shape index (κ3) is 3.98. The normalized spacial score (nSPS) is 17.9. The van der Waals surface area contributed by atoms with E-state index in [1.807, 2.05) is 20.8 Å². The van der Waals surface area contributed by atoms with Crippen LogP contribution < -0.4 is 4.74 Å². The van der Waals surface area contributed by atoms with E-state index in [0.717, 1.165) is 14.0 Å². The molecule has 0 N–H and O–H groups in total. The van der Waals surface area contributed by atoms with Gasteiger partial charge in [-0.3, -0.25) is 0 Å². The van der Waals surface area contributed by atoms with Crippen molar-refractivity contribution < 1.29 is 22.5 Å². The van der Waals surface area contributed by atoms with Crippen molar-refractivity contribution in [3.63, 3.8) is 0 Å². The van der Waals surface area contributed by atoms with Gasteiger partial charge in [-0.25, -0.2) is 4.79 Å². The van der Waals surface area contributed by atoms with Gasteiger partial charge in [0.15, 0.2) is 5.75 Å². The summed E-state index contributed by atoms with van der Waals surface area (Å²) in [6.45, 7) is 1.07. The molecular formula is C16H23BrO3. The molecule has 0 aliphatic rings. The molecule has 3 nitrogen and oxygen atoms in total. The largest absolute Gasteiger partial charge is 0.513 e. The Bertz CT molecular complexity index is 675. The topological polar surface area (TPSA) is 35.5 Å². The van der Waals surface area contributed by atoms with Crippen LogP contribution in [-0.4, -0.2) is 13.3 Å². The number of hydrogen-bond acceptors (Lipinski definition) is 3. The number of rotatable bonds is 1. The minimum atomic E-state index is -2.89. The van der Waals surface area contributed by atoms with Gasteiger partial charge in [-0.2, -0.15) is 0 Å². The fourth-order valence-corrected chi connectivity index (χ4v) is 2.17. The van der Waals surface area contributed by atoms with Gasteiger partial charge in [-0.1, -0.05) is 47.5 Å². The molecule has 112 valence electrons. The van der Waals surface area contributed by atoms with E-state index in [1.54, 1.807) is 6.07 Å². The van der Waals surface area contributed by atoms with Crippen molar-refractivity contribution in [3.05, 3.63) is 27.7 Å². The van der Waals surface area contributed by atoms with Gasteiger partial charge in [-0.05, 0) is 38.4 Å². The predicted octanol–water partition coefficient (Wildman–Crippen LogP) is 5.19. The second-order valence-electron chi connectivity index (χ2n) is 5.77. The summed E-state index contributed by atoms with van der Waals surface area (Å²) in [5, 5.41) is 0. The van der Waals surface area contributed by atoms with Gasteiger partial charge < -0.3 is 9.47 Å². The molecule has 0 aromatic heterocycles. The molecule has 0 unspecified atom stereocenters. The molecule has 0 atom stereocenters. The first-order valence-corrected chi connectivity index (χ1v) is 6.86. The SMILES string of the molecule is [2H]C([2H])([2H])C(C)(c1cc(C(C)(C)C)cc(Br)c1OC(=O)OC)C([2H])([2H])[2H]. The van der Waals surface area contributed by atoms with Crippen molar-refractivity contribution in [2.75, 3.05) is 7.11 Å². The molecule has 0 amide bonds. The van der Waals surface area contributed by atoms with E-state index < -0.39 is 30.7 Å². The second kappa shape index (κ2) is 5.76. The number of carbonyl (C=O) groups is 1. The zero-order chi connectivity index (χ0) is 20.7. The zero-order valence-corrected chi connectivity index (χ0v) is 13.8. The molecule has 0 bridgehead atoms. The molecule has 1 rings (SSSR count). The van der Waals surface area contributed by atoms with E-state index >= 15 is 0 Å². The molecule has 0 aliphatic carbocycles. The maximum atomic E-state index is 11.6. The Morgan fingerprint density at radius 3 is 2.25 bits per heavy atom. The monoisotopic (exact) mass is 348 g/mol. The molecule has 20 heavy (non-hydrogen) atoms. The molecule has 0 saturated carbocycles. The van der Waals surface area contributed by atoms with Crippen LogP contribution in [0.2, 0.25) is 0 Å². The zero-order valence-electron chi connectivity index (χ0n) is 18.3. The molecule has 0 heterocycles. The molecule has 0 spiro atoms. The van der Waals surface area contributed by atoms with Gasteiger partial charge in [-0.15, -0.1) is 0 Å². The van der Waals surface area contributed by atoms with Crippen LogP contribution >= 0.6 is 15.9 Å². The number of methoxy groups -OCH3 is 1. The number of ether oxygens (including phenoxy) is 2. The highest BCUT2D eigenvalue weighted by atomic mass is 79.9. The van der Waals surface area contributed by atoms with Crippen LogP contribution in [-0.2, 0) is 15.6 Å². The molecule has 1 aromatic rings. The van der Waals surface area contributed by atoms with Crippen molar-refractivity contribution >= 4 is 22.1 Å². The van der Waals surface area contributed by atoms with Crippen LogP contribution in [0.4, 0.5) is 4.79 Å². The van der Waals surface area contributed by atoms with E-state index in [4.69, 9.17) is 13.0 Å². The average Bonchev–Trinajstić information content (AvgIpc) is 2.44. The highest BCUT2D eigenvalue weighted by Crippen LogP contribution is 2.40. The summed E-state index contributed by atoms with van der Waals surface area (Å²) in [6.07, 6.45) is -1.08. The summed E-state index contributed by atoms with van der Waals surface area (Å²) in [4.78, 5) is 11.6. The fraction of sp³-hybridized carbons (Fsp3) is 0.562. The minimum absolute atomic E-state index is 0.109. The Kier molecular flexibility index (Phi) is 2.83. The average molecular weight is 349 g/mol. The summed E-state index contributed by atoms with van der Waals surface area (Å²) in [5.41, 5.74) is -2.09. The van der Waals surface area contributed by atoms with E-state index in [-0.39, 0.29) is 15.8 Å². The van der Waals surface area contributed by atoms with E-state index in [2.05, 4.69) is 20.7 Å². The van der Waals surface area contributed by atoms with Gasteiger partial charge in [0.05, 0.1) is 11.6 Å². The lowest BCUT2D eigenvalue weighted by Gasteiger charge is -2.27. The van der Waals surface area contributed by atoms with Crippen LogP contribution in [0.25, 0.3) is 0 Å².